The van der Waals surface area contributed by atoms with Crippen LogP contribution in [0.3, 0.4) is 0 Å². The van der Waals surface area contributed by atoms with Crippen LogP contribution in [-0.4, -0.2) is 50.6 Å². The van der Waals surface area contributed by atoms with Gasteiger partial charge in [-0.25, -0.2) is 4.98 Å². The average molecular weight is 345 g/mol. The average Bonchev–Trinajstić information content (AvgIpc) is 3.37. The molecule has 0 spiro atoms. The first-order chi connectivity index (χ1) is 11.9. The van der Waals surface area contributed by atoms with E-state index in [4.69, 9.17) is 0 Å². The lowest BCUT2D eigenvalue weighted by Gasteiger charge is -2.34. The van der Waals surface area contributed by atoms with Gasteiger partial charge in [0.1, 0.15) is 17.5 Å². The van der Waals surface area contributed by atoms with Gasteiger partial charge in [0.25, 0.3) is 0 Å². The number of hydrogen-bond donors (Lipinski definition) is 2. The smallest absolute Gasteiger partial charge is 0.235 e. The maximum atomic E-state index is 12.3. The molecule has 0 radical (unpaired) electrons. The summed E-state index contributed by atoms with van der Waals surface area (Å²) in [6, 6.07) is 2.26. The molecule has 1 aliphatic heterocycles. The molecule has 2 unspecified atom stereocenters. The second-order valence-electron chi connectivity index (χ2n) is 7.59. The summed E-state index contributed by atoms with van der Waals surface area (Å²) < 4.78 is 1.85. The van der Waals surface area contributed by atoms with Crippen LogP contribution in [0.4, 0.5) is 0 Å². The maximum absolute atomic E-state index is 12.3. The largest absolute Gasteiger partial charge is 0.385 e. The number of carbonyl (C=O) groups is 1. The summed E-state index contributed by atoms with van der Waals surface area (Å²) in [5.41, 5.74) is -0.732. The number of hydrogen-bond acceptors (Lipinski definition) is 5. The first-order valence-corrected chi connectivity index (χ1v) is 9.03. The molecule has 2 aliphatic rings. The highest BCUT2D eigenvalue weighted by Gasteiger charge is 2.43. The minimum absolute atomic E-state index is 0.0842. The minimum atomic E-state index is -0.732. The molecule has 1 aromatic rings. The van der Waals surface area contributed by atoms with Crippen molar-refractivity contribution in [3.63, 3.8) is 0 Å². The summed E-state index contributed by atoms with van der Waals surface area (Å²) in [4.78, 5) is 18.6. The number of aryl methyl sites for hydroxylation is 1. The minimum Gasteiger partial charge on any atom is -0.385 e. The third kappa shape index (κ3) is 4.02. The second kappa shape index (κ2) is 7.14. The van der Waals surface area contributed by atoms with Crippen molar-refractivity contribution < 1.29 is 9.90 Å². The van der Waals surface area contributed by atoms with Crippen LogP contribution in [0.5, 0.6) is 0 Å². The summed E-state index contributed by atoms with van der Waals surface area (Å²) in [5.74, 6) is 1.07. The van der Waals surface area contributed by atoms with Gasteiger partial charge in [0.05, 0.1) is 12.6 Å². The van der Waals surface area contributed by atoms with Crippen LogP contribution >= 0.6 is 0 Å². The quantitative estimate of drug-likeness (QED) is 0.801. The number of aliphatic hydroxyl groups excluding tert-OH is 1. The topological polar surface area (TPSA) is 94.2 Å². The third-order valence-corrected chi connectivity index (χ3v) is 5.59. The first-order valence-electron chi connectivity index (χ1n) is 9.03. The number of rotatable bonds is 6. The molecule has 2 fully saturated rings. The van der Waals surface area contributed by atoms with E-state index in [9.17, 15) is 15.2 Å². The third-order valence-electron chi connectivity index (χ3n) is 5.59. The summed E-state index contributed by atoms with van der Waals surface area (Å²) >= 11 is 0. The Hall–Kier alpha value is -1.91. The molecule has 7 heteroatoms. The molecule has 25 heavy (non-hydrogen) atoms. The van der Waals surface area contributed by atoms with Gasteiger partial charge in [0.15, 0.2) is 0 Å². The van der Waals surface area contributed by atoms with E-state index >= 15 is 0 Å². The van der Waals surface area contributed by atoms with Crippen molar-refractivity contribution in [3.8, 4) is 6.07 Å². The molecule has 1 amide bonds. The zero-order valence-electron chi connectivity index (χ0n) is 15.0. The highest BCUT2D eigenvalue weighted by atomic mass is 16.3. The predicted octanol–water partition coefficient (Wildman–Crippen LogP) is 0.974. The van der Waals surface area contributed by atoms with Gasteiger partial charge in [0, 0.05) is 19.4 Å². The SMILES string of the molecule is Cn1ccnc1C(O)C1CCN(CC(=O)NC(C)(C#N)C2CC2)CC1. The van der Waals surface area contributed by atoms with Crippen molar-refractivity contribution >= 4 is 5.91 Å². The molecule has 2 atom stereocenters. The number of piperidine rings is 1. The molecule has 1 saturated heterocycles. The summed E-state index contributed by atoms with van der Waals surface area (Å²) in [6.45, 7) is 3.67. The molecule has 0 bridgehead atoms. The Morgan fingerprint density at radius 3 is 2.68 bits per heavy atom. The number of aromatic nitrogens is 2. The predicted molar refractivity (Wildman–Crippen MR) is 92.2 cm³/mol. The maximum Gasteiger partial charge on any atom is 0.235 e. The molecule has 0 aromatic carbocycles. The molecule has 1 aliphatic carbocycles. The Labute approximate surface area is 148 Å². The first kappa shape index (κ1) is 17.9. The fraction of sp³-hybridized carbons (Fsp3) is 0.722. The van der Waals surface area contributed by atoms with E-state index in [0.717, 1.165) is 38.8 Å². The molecule has 3 rings (SSSR count). The van der Waals surface area contributed by atoms with Crippen LogP contribution in [0.25, 0.3) is 0 Å². The molecule has 1 aromatic heterocycles. The number of nitriles is 1. The highest BCUT2D eigenvalue weighted by Crippen LogP contribution is 2.39. The Bertz CT molecular complexity index is 655. The van der Waals surface area contributed by atoms with Crippen molar-refractivity contribution in [2.45, 2.75) is 44.2 Å². The van der Waals surface area contributed by atoms with E-state index < -0.39 is 11.6 Å². The highest BCUT2D eigenvalue weighted by molar-refractivity contribution is 5.79. The monoisotopic (exact) mass is 345 g/mol. The summed E-state index contributed by atoms with van der Waals surface area (Å²) in [5, 5.41) is 22.8. The number of likely N-dealkylation sites (tertiary alicyclic amines) is 1. The molecule has 2 heterocycles. The van der Waals surface area contributed by atoms with E-state index in [0.29, 0.717) is 18.3 Å². The van der Waals surface area contributed by atoms with E-state index in [2.05, 4.69) is 21.3 Å². The Morgan fingerprint density at radius 1 is 1.48 bits per heavy atom. The van der Waals surface area contributed by atoms with Crippen molar-refractivity contribution in [1.29, 1.82) is 5.26 Å². The fourth-order valence-electron chi connectivity index (χ4n) is 3.71. The number of nitrogens with one attached hydrogen (secondary N) is 1. The summed E-state index contributed by atoms with van der Waals surface area (Å²) in [6.07, 6.45) is 6.67. The number of carbonyl (C=O) groups excluding carboxylic acids is 1. The second-order valence-corrected chi connectivity index (χ2v) is 7.59. The molecular weight excluding hydrogens is 318 g/mol. The number of imidazole rings is 1. The Balaban J connectivity index is 1.47. The molecule has 1 saturated carbocycles. The van der Waals surface area contributed by atoms with Crippen molar-refractivity contribution in [2.75, 3.05) is 19.6 Å². The molecular formula is C18H27N5O2. The van der Waals surface area contributed by atoms with E-state index in [-0.39, 0.29) is 11.8 Å². The normalized spacial score (nSPS) is 22.8. The van der Waals surface area contributed by atoms with Crippen LogP contribution in [0.15, 0.2) is 12.4 Å². The zero-order chi connectivity index (χ0) is 18.0. The van der Waals surface area contributed by atoms with Gasteiger partial charge in [-0.1, -0.05) is 0 Å². The fourth-order valence-corrected chi connectivity index (χ4v) is 3.71. The Kier molecular flexibility index (Phi) is 5.11. The lowest BCUT2D eigenvalue weighted by atomic mass is 9.90. The zero-order valence-corrected chi connectivity index (χ0v) is 15.0. The number of amides is 1. The van der Waals surface area contributed by atoms with Gasteiger partial charge < -0.3 is 15.0 Å². The van der Waals surface area contributed by atoms with Crippen molar-refractivity contribution in [2.24, 2.45) is 18.9 Å². The van der Waals surface area contributed by atoms with E-state index in [1.165, 1.54) is 0 Å². The standard InChI is InChI=1S/C18H27N5O2/c1-18(12-19,14-3-4-14)21-15(24)11-23-8-5-13(6-9-23)16(25)17-20-7-10-22(17)2/h7,10,13-14,16,25H,3-6,8-9,11H2,1-2H3,(H,21,24). The summed E-state index contributed by atoms with van der Waals surface area (Å²) in [7, 11) is 1.89. The van der Waals surface area contributed by atoms with Crippen molar-refractivity contribution in [3.05, 3.63) is 18.2 Å². The van der Waals surface area contributed by atoms with Crippen LogP contribution in [0.2, 0.25) is 0 Å². The molecule has 7 nitrogen and oxygen atoms in total. The van der Waals surface area contributed by atoms with Crippen molar-refractivity contribution in [1.82, 2.24) is 19.8 Å². The van der Waals surface area contributed by atoms with Crippen LogP contribution in [0, 0.1) is 23.2 Å². The lowest BCUT2D eigenvalue weighted by Crippen LogP contribution is -2.51. The van der Waals surface area contributed by atoms with E-state index in [1.54, 1.807) is 6.20 Å². The Morgan fingerprint density at radius 2 is 2.16 bits per heavy atom. The van der Waals surface area contributed by atoms with Gasteiger partial charge >= 0.3 is 0 Å². The number of nitrogens with zero attached hydrogens (tertiary/aromatic N) is 4. The van der Waals surface area contributed by atoms with Gasteiger partial charge in [-0.3, -0.25) is 9.69 Å². The van der Waals surface area contributed by atoms with Crippen LogP contribution in [-0.2, 0) is 11.8 Å². The van der Waals surface area contributed by atoms with Crippen LogP contribution < -0.4 is 5.32 Å². The van der Waals surface area contributed by atoms with Gasteiger partial charge in [0.2, 0.25) is 5.91 Å². The number of aliphatic hydroxyl groups is 1. The molecule has 136 valence electrons. The van der Waals surface area contributed by atoms with Gasteiger partial charge in [-0.05, 0) is 57.5 Å². The van der Waals surface area contributed by atoms with Crippen LogP contribution in [0.1, 0.15) is 44.5 Å². The lowest BCUT2D eigenvalue weighted by molar-refractivity contribution is -0.124. The van der Waals surface area contributed by atoms with Gasteiger partial charge in [-0.2, -0.15) is 5.26 Å². The molecule has 2 N–H and O–H groups in total. The van der Waals surface area contributed by atoms with Gasteiger partial charge in [-0.15, -0.1) is 0 Å². The van der Waals surface area contributed by atoms with E-state index in [1.807, 2.05) is 24.7 Å².